The van der Waals surface area contributed by atoms with Crippen molar-refractivity contribution in [1.82, 2.24) is 0 Å². The molecule has 0 spiro atoms. The van der Waals surface area contributed by atoms with E-state index in [1.54, 1.807) is 26.8 Å². The highest BCUT2D eigenvalue weighted by molar-refractivity contribution is 6.01. The molecule has 5 aliphatic rings. The zero-order chi connectivity index (χ0) is 27.0. The lowest BCUT2D eigenvalue weighted by molar-refractivity contribution is -0.233. The van der Waals surface area contributed by atoms with Gasteiger partial charge >= 0.3 is 11.9 Å². The van der Waals surface area contributed by atoms with Gasteiger partial charge in [-0.25, -0.2) is 9.18 Å². The van der Waals surface area contributed by atoms with E-state index in [9.17, 15) is 24.3 Å². The number of fused-ring (bicyclic) bond motifs is 7. The molecule has 0 aromatic heterocycles. The molecule has 0 aromatic carbocycles. The van der Waals surface area contributed by atoms with E-state index in [1.807, 2.05) is 0 Å². The van der Waals surface area contributed by atoms with Crippen molar-refractivity contribution in [2.24, 2.45) is 22.7 Å². The minimum atomic E-state index is -2.10. The van der Waals surface area contributed by atoms with E-state index in [-0.39, 0.29) is 25.2 Å². The number of esters is 2. The van der Waals surface area contributed by atoms with Gasteiger partial charge in [-0.1, -0.05) is 18.6 Å². The van der Waals surface area contributed by atoms with Crippen molar-refractivity contribution in [3.05, 3.63) is 23.8 Å². The van der Waals surface area contributed by atoms with Crippen molar-refractivity contribution in [2.75, 3.05) is 13.2 Å². The molecular weight excluding hydrogens is 487 g/mol. The molecule has 1 N–H and O–H groups in total. The average Bonchev–Trinajstić information content (AvgIpc) is 3.33. The van der Waals surface area contributed by atoms with E-state index in [0.29, 0.717) is 18.4 Å². The minimum absolute atomic E-state index is 0.0800. The molecule has 9 atom stereocenters. The van der Waals surface area contributed by atoms with Crippen LogP contribution in [0.2, 0.25) is 0 Å². The number of carbonyl (C=O) groups excluding carboxylic acids is 4. The number of alkyl halides is 1. The Labute approximate surface area is 214 Å². The van der Waals surface area contributed by atoms with Gasteiger partial charge in [0.05, 0.1) is 18.8 Å². The molecule has 37 heavy (non-hydrogen) atoms. The van der Waals surface area contributed by atoms with Gasteiger partial charge in [-0.2, -0.15) is 0 Å². The van der Waals surface area contributed by atoms with Crippen molar-refractivity contribution in [3.63, 3.8) is 0 Å². The van der Waals surface area contributed by atoms with Crippen LogP contribution < -0.4 is 0 Å². The first-order valence-electron chi connectivity index (χ1n) is 12.8. The summed E-state index contributed by atoms with van der Waals surface area (Å²) in [4.78, 5) is 49.8. The van der Waals surface area contributed by atoms with E-state index in [2.05, 4.69) is 0 Å². The lowest BCUT2D eigenvalue weighted by Gasteiger charge is -2.62. The number of ether oxygens (including phenoxy) is 4. The summed E-state index contributed by atoms with van der Waals surface area (Å²) in [5, 5.41) is 11.5. The molecule has 4 fully saturated rings. The Morgan fingerprint density at radius 3 is 2.62 bits per heavy atom. The maximum absolute atomic E-state index is 17.4. The van der Waals surface area contributed by atoms with E-state index in [4.69, 9.17) is 18.9 Å². The van der Waals surface area contributed by atoms with E-state index in [1.165, 1.54) is 19.1 Å². The van der Waals surface area contributed by atoms with Crippen molar-refractivity contribution >= 4 is 23.5 Å². The average molecular weight is 521 g/mol. The Morgan fingerprint density at radius 1 is 1.22 bits per heavy atom. The fourth-order valence-electron chi connectivity index (χ4n) is 8.05. The van der Waals surface area contributed by atoms with Crippen molar-refractivity contribution in [1.29, 1.82) is 0 Å². The van der Waals surface area contributed by atoms with Gasteiger partial charge in [0.25, 0.3) is 6.29 Å². The maximum Gasteiger partial charge on any atom is 0.363 e. The first-order chi connectivity index (χ1) is 17.3. The predicted octanol–water partition coefficient (Wildman–Crippen LogP) is 2.14. The fourth-order valence-corrected chi connectivity index (χ4v) is 8.05. The molecule has 3 saturated carbocycles. The molecular formula is C27H33FO9. The summed E-state index contributed by atoms with van der Waals surface area (Å²) < 4.78 is 39.5. The number of hydrogen-bond acceptors (Lipinski definition) is 9. The highest BCUT2D eigenvalue weighted by Crippen LogP contribution is 2.71. The minimum Gasteiger partial charge on any atom is -0.462 e. The van der Waals surface area contributed by atoms with Gasteiger partial charge in [0.15, 0.2) is 23.7 Å². The van der Waals surface area contributed by atoms with Gasteiger partial charge in [0.1, 0.15) is 0 Å². The lowest BCUT2D eigenvalue weighted by atomic mass is 9.44. The zero-order valence-electron chi connectivity index (χ0n) is 21.5. The third-order valence-corrected chi connectivity index (χ3v) is 9.68. The molecule has 1 aliphatic heterocycles. The van der Waals surface area contributed by atoms with Crippen LogP contribution in [0.1, 0.15) is 53.4 Å². The molecule has 0 radical (unpaired) electrons. The van der Waals surface area contributed by atoms with Crippen LogP contribution in [0.15, 0.2) is 23.8 Å². The van der Waals surface area contributed by atoms with Gasteiger partial charge in [-0.3, -0.25) is 14.4 Å². The second kappa shape index (κ2) is 8.54. The quantitative estimate of drug-likeness (QED) is 0.543. The van der Waals surface area contributed by atoms with Gasteiger partial charge in [0, 0.05) is 23.7 Å². The van der Waals surface area contributed by atoms with Crippen molar-refractivity contribution in [2.45, 2.75) is 83.1 Å². The van der Waals surface area contributed by atoms with Crippen molar-refractivity contribution < 1.29 is 47.6 Å². The molecule has 1 heterocycles. The van der Waals surface area contributed by atoms with E-state index in [0.717, 1.165) is 0 Å². The molecule has 10 heteroatoms. The Balaban J connectivity index is 1.57. The topological polar surface area (TPSA) is 125 Å². The Morgan fingerprint density at radius 2 is 1.95 bits per heavy atom. The SMILES string of the molecule is CCOC(=O)C1OC2C[C@H]3[C@@H]4CCC5=CC(=O)C=C[C@]5(C)[C@@]4(F)[C@@H](O)C[C@]3(C)[C@]2(C(=O)COC(C)=O)O1. The van der Waals surface area contributed by atoms with Crippen LogP contribution in [0.4, 0.5) is 4.39 Å². The highest BCUT2D eigenvalue weighted by atomic mass is 19.1. The lowest BCUT2D eigenvalue weighted by Crippen LogP contribution is -2.70. The second-order valence-corrected chi connectivity index (χ2v) is 11.3. The monoisotopic (exact) mass is 520 g/mol. The number of halogens is 1. The first-order valence-corrected chi connectivity index (χ1v) is 12.8. The fraction of sp³-hybridized carbons (Fsp3) is 0.704. The number of aliphatic hydroxyl groups excluding tert-OH is 1. The molecule has 2 unspecified atom stereocenters. The molecule has 202 valence electrons. The normalized spacial score (nSPS) is 45.7. The van der Waals surface area contributed by atoms with Gasteiger partial charge in [0.2, 0.25) is 5.78 Å². The summed E-state index contributed by atoms with van der Waals surface area (Å²) in [7, 11) is 0. The number of ketones is 2. The molecule has 5 rings (SSSR count). The Hall–Kier alpha value is -2.43. The standard InChI is InChI=1S/C27H33FO9/c1-5-34-22(33)23-36-21-11-18-17-7-6-15-10-16(30)8-9-24(15,3)26(17,28)19(31)12-25(18,4)27(21,37-23)20(32)13-35-14(2)29/h8-10,17-19,21,23,31H,5-7,11-13H2,1-4H3/t17-,18-,19-,21?,23?,24-,25-,26-,27+/m0/s1. The Bertz CT molecular complexity index is 1120. The molecule has 0 aromatic rings. The van der Waals surface area contributed by atoms with E-state index < -0.39 is 76.8 Å². The van der Waals surface area contributed by atoms with Crippen LogP contribution in [0.3, 0.4) is 0 Å². The van der Waals surface area contributed by atoms with E-state index >= 15 is 4.39 Å². The van der Waals surface area contributed by atoms with Crippen LogP contribution in [0.25, 0.3) is 0 Å². The number of allylic oxidation sites excluding steroid dienone is 4. The summed E-state index contributed by atoms with van der Waals surface area (Å²) in [6.07, 6.45) is 1.34. The van der Waals surface area contributed by atoms with Crippen LogP contribution in [-0.4, -0.2) is 71.6 Å². The van der Waals surface area contributed by atoms with Crippen molar-refractivity contribution in [3.8, 4) is 0 Å². The van der Waals surface area contributed by atoms with Crippen LogP contribution >= 0.6 is 0 Å². The third-order valence-electron chi connectivity index (χ3n) is 9.68. The predicted molar refractivity (Wildman–Crippen MR) is 124 cm³/mol. The highest BCUT2D eigenvalue weighted by Gasteiger charge is 2.79. The first kappa shape index (κ1) is 26.2. The molecule has 4 aliphatic carbocycles. The summed E-state index contributed by atoms with van der Waals surface area (Å²) in [6, 6.07) is 0. The summed E-state index contributed by atoms with van der Waals surface area (Å²) in [5.74, 6) is -3.40. The smallest absolute Gasteiger partial charge is 0.363 e. The van der Waals surface area contributed by atoms with Gasteiger partial charge < -0.3 is 24.1 Å². The summed E-state index contributed by atoms with van der Waals surface area (Å²) in [6.45, 7) is 5.75. The number of aliphatic hydroxyl groups is 1. The maximum atomic E-state index is 17.4. The Kier molecular flexibility index (Phi) is 6.05. The molecule has 0 bridgehead atoms. The van der Waals surface area contributed by atoms with Gasteiger partial charge in [-0.15, -0.1) is 0 Å². The number of rotatable bonds is 5. The second-order valence-electron chi connectivity index (χ2n) is 11.3. The largest absolute Gasteiger partial charge is 0.462 e. The molecule has 1 saturated heterocycles. The number of carbonyl (C=O) groups is 4. The number of hydrogen-bond donors (Lipinski definition) is 1. The van der Waals surface area contributed by atoms with Gasteiger partial charge in [-0.05, 0) is 57.6 Å². The van der Waals surface area contributed by atoms with Crippen LogP contribution in [-0.2, 0) is 38.1 Å². The summed E-state index contributed by atoms with van der Waals surface area (Å²) >= 11 is 0. The molecule has 9 nitrogen and oxygen atoms in total. The zero-order valence-corrected chi connectivity index (χ0v) is 21.5. The van der Waals surface area contributed by atoms with Crippen LogP contribution in [0, 0.1) is 22.7 Å². The summed E-state index contributed by atoms with van der Waals surface area (Å²) in [5.41, 5.74) is -5.52. The molecule has 0 amide bonds. The number of Topliss-reactive ketones (excluding diaryl/α,β-unsaturated/α-hetero) is 1. The third kappa shape index (κ3) is 3.31. The van der Waals surface area contributed by atoms with Crippen LogP contribution in [0.5, 0.6) is 0 Å².